The fraction of sp³-hybridized carbons (Fsp3) is 0.222. The molecule has 0 aromatic heterocycles. The second kappa shape index (κ2) is 2.49. The number of nitrogens with one attached hydrogen (secondary N) is 1. The summed E-state index contributed by atoms with van der Waals surface area (Å²) < 4.78 is 12.8. The molecule has 0 bridgehead atoms. The number of nitriles is 1. The van der Waals surface area contributed by atoms with Crippen LogP contribution in [-0.4, -0.2) is 6.54 Å². The topological polar surface area (TPSA) is 35.8 Å². The standard InChI is InChI=1S/C9H7FN2/c10-7-3-6(5-11)8-1-2-12-9(8)4-7/h3-4,12H,1-2H2. The number of benzene rings is 1. The average Bonchev–Trinajstić information content (AvgIpc) is 2.50. The van der Waals surface area contributed by atoms with Gasteiger partial charge in [-0.25, -0.2) is 4.39 Å². The summed E-state index contributed by atoms with van der Waals surface area (Å²) in [7, 11) is 0. The summed E-state index contributed by atoms with van der Waals surface area (Å²) in [5.41, 5.74) is 2.17. The summed E-state index contributed by atoms with van der Waals surface area (Å²) in [4.78, 5) is 0. The Labute approximate surface area is 69.6 Å². The highest BCUT2D eigenvalue weighted by Crippen LogP contribution is 2.26. The van der Waals surface area contributed by atoms with Crippen LogP contribution in [0.4, 0.5) is 10.1 Å². The Morgan fingerprint density at radius 1 is 1.50 bits per heavy atom. The van der Waals surface area contributed by atoms with Gasteiger partial charge in [-0.15, -0.1) is 0 Å². The van der Waals surface area contributed by atoms with Gasteiger partial charge in [-0.2, -0.15) is 5.26 Å². The average molecular weight is 162 g/mol. The van der Waals surface area contributed by atoms with Crippen molar-refractivity contribution < 1.29 is 4.39 Å². The molecule has 2 rings (SSSR count). The first-order valence-electron chi connectivity index (χ1n) is 3.77. The minimum atomic E-state index is -0.347. The van der Waals surface area contributed by atoms with Crippen molar-refractivity contribution >= 4 is 5.69 Å². The predicted octanol–water partition coefficient (Wildman–Crippen LogP) is 1.67. The van der Waals surface area contributed by atoms with Crippen molar-refractivity contribution in [1.82, 2.24) is 0 Å². The predicted molar refractivity (Wildman–Crippen MR) is 43.3 cm³/mol. The SMILES string of the molecule is N#Cc1cc(F)cc2c1CCN2. The van der Waals surface area contributed by atoms with Crippen LogP contribution in [-0.2, 0) is 6.42 Å². The maximum Gasteiger partial charge on any atom is 0.126 e. The fourth-order valence-electron chi connectivity index (χ4n) is 1.49. The van der Waals surface area contributed by atoms with Crippen LogP contribution in [0.1, 0.15) is 11.1 Å². The van der Waals surface area contributed by atoms with Crippen molar-refractivity contribution in [3.05, 3.63) is 29.1 Å². The van der Waals surface area contributed by atoms with E-state index in [1.165, 1.54) is 12.1 Å². The van der Waals surface area contributed by atoms with Gasteiger partial charge < -0.3 is 5.32 Å². The van der Waals surface area contributed by atoms with Gasteiger partial charge in [-0.1, -0.05) is 0 Å². The molecule has 1 aliphatic rings. The van der Waals surface area contributed by atoms with E-state index in [4.69, 9.17) is 5.26 Å². The maximum atomic E-state index is 12.8. The van der Waals surface area contributed by atoms with E-state index in [0.29, 0.717) is 5.56 Å². The zero-order valence-electron chi connectivity index (χ0n) is 6.39. The first-order valence-corrected chi connectivity index (χ1v) is 3.77. The fourth-order valence-corrected chi connectivity index (χ4v) is 1.49. The zero-order valence-corrected chi connectivity index (χ0v) is 6.39. The number of hydrogen-bond acceptors (Lipinski definition) is 2. The van der Waals surface area contributed by atoms with Crippen LogP contribution in [0, 0.1) is 17.1 Å². The first-order chi connectivity index (χ1) is 5.81. The van der Waals surface area contributed by atoms with Crippen LogP contribution < -0.4 is 5.32 Å². The summed E-state index contributed by atoms with van der Waals surface area (Å²) >= 11 is 0. The van der Waals surface area contributed by atoms with Crippen molar-refractivity contribution in [3.63, 3.8) is 0 Å². The van der Waals surface area contributed by atoms with E-state index in [0.717, 1.165) is 24.2 Å². The molecule has 0 amide bonds. The molecule has 1 aromatic carbocycles. The number of anilines is 1. The minimum absolute atomic E-state index is 0.347. The summed E-state index contributed by atoms with van der Waals surface area (Å²) in [6.45, 7) is 0.799. The number of hydrogen-bond donors (Lipinski definition) is 1. The molecule has 1 aromatic rings. The molecule has 0 radical (unpaired) electrons. The molecular formula is C9H7FN2. The highest BCUT2D eigenvalue weighted by Gasteiger charge is 2.15. The van der Waals surface area contributed by atoms with Gasteiger partial charge in [0.25, 0.3) is 0 Å². The molecule has 2 nitrogen and oxygen atoms in total. The van der Waals surface area contributed by atoms with Crippen molar-refractivity contribution in [3.8, 4) is 6.07 Å². The summed E-state index contributed by atoms with van der Waals surface area (Å²) in [5, 5.41) is 11.7. The monoisotopic (exact) mass is 162 g/mol. The van der Waals surface area contributed by atoms with E-state index in [1.54, 1.807) is 0 Å². The summed E-state index contributed by atoms with van der Waals surface area (Å²) in [6, 6.07) is 4.71. The molecule has 60 valence electrons. The van der Waals surface area contributed by atoms with Crippen LogP contribution >= 0.6 is 0 Å². The Hall–Kier alpha value is -1.56. The maximum absolute atomic E-state index is 12.8. The molecule has 0 fully saturated rings. The second-order valence-corrected chi connectivity index (χ2v) is 2.77. The van der Waals surface area contributed by atoms with Crippen molar-refractivity contribution in [2.75, 3.05) is 11.9 Å². The van der Waals surface area contributed by atoms with E-state index in [2.05, 4.69) is 5.32 Å². The lowest BCUT2D eigenvalue weighted by Gasteiger charge is -2.00. The van der Waals surface area contributed by atoms with E-state index >= 15 is 0 Å². The number of fused-ring (bicyclic) bond motifs is 1. The quantitative estimate of drug-likeness (QED) is 0.629. The summed E-state index contributed by atoms with van der Waals surface area (Å²) in [5.74, 6) is -0.347. The molecule has 12 heavy (non-hydrogen) atoms. The number of nitrogens with zero attached hydrogens (tertiary/aromatic N) is 1. The smallest absolute Gasteiger partial charge is 0.126 e. The van der Waals surface area contributed by atoms with Crippen molar-refractivity contribution in [1.29, 1.82) is 5.26 Å². The minimum Gasteiger partial charge on any atom is -0.384 e. The molecule has 3 heteroatoms. The lowest BCUT2D eigenvalue weighted by atomic mass is 10.1. The first kappa shape index (κ1) is 7.11. The molecular weight excluding hydrogens is 155 g/mol. The molecule has 1 N–H and O–H groups in total. The highest BCUT2D eigenvalue weighted by molar-refractivity contribution is 5.61. The Morgan fingerprint density at radius 2 is 2.33 bits per heavy atom. The Bertz CT molecular complexity index is 366. The lowest BCUT2D eigenvalue weighted by molar-refractivity contribution is 0.627. The third kappa shape index (κ3) is 0.928. The van der Waals surface area contributed by atoms with Crippen LogP contribution in [0.25, 0.3) is 0 Å². The summed E-state index contributed by atoms with van der Waals surface area (Å²) in [6.07, 6.45) is 0.818. The molecule has 0 unspecified atom stereocenters. The normalized spacial score (nSPS) is 13.3. The molecule has 1 heterocycles. The van der Waals surface area contributed by atoms with Crippen molar-refractivity contribution in [2.24, 2.45) is 0 Å². The molecule has 0 atom stereocenters. The number of rotatable bonds is 0. The third-order valence-corrected chi connectivity index (χ3v) is 2.03. The van der Waals surface area contributed by atoms with Gasteiger partial charge in [-0.3, -0.25) is 0 Å². The zero-order chi connectivity index (χ0) is 8.55. The van der Waals surface area contributed by atoms with Crippen LogP contribution in [0.5, 0.6) is 0 Å². The van der Waals surface area contributed by atoms with Gasteiger partial charge in [0.2, 0.25) is 0 Å². The molecule has 1 aliphatic heterocycles. The Morgan fingerprint density at radius 3 is 3.08 bits per heavy atom. The van der Waals surface area contributed by atoms with Crippen molar-refractivity contribution in [2.45, 2.75) is 6.42 Å². The van der Waals surface area contributed by atoms with Crippen LogP contribution in [0.15, 0.2) is 12.1 Å². The number of halogens is 1. The highest BCUT2D eigenvalue weighted by atomic mass is 19.1. The van der Waals surface area contributed by atoms with Gasteiger partial charge >= 0.3 is 0 Å². The Kier molecular flexibility index (Phi) is 1.47. The van der Waals surface area contributed by atoms with Crippen LogP contribution in [0.3, 0.4) is 0 Å². The van der Waals surface area contributed by atoms with E-state index < -0.39 is 0 Å². The lowest BCUT2D eigenvalue weighted by Crippen LogP contribution is -1.91. The Balaban J connectivity index is 2.64. The van der Waals surface area contributed by atoms with Crippen LogP contribution in [0.2, 0.25) is 0 Å². The second-order valence-electron chi connectivity index (χ2n) is 2.77. The van der Waals surface area contributed by atoms with E-state index in [9.17, 15) is 4.39 Å². The van der Waals surface area contributed by atoms with Gasteiger partial charge in [0, 0.05) is 12.2 Å². The molecule has 0 saturated carbocycles. The third-order valence-electron chi connectivity index (χ3n) is 2.03. The van der Waals surface area contributed by atoms with Gasteiger partial charge in [-0.05, 0) is 24.1 Å². The largest absolute Gasteiger partial charge is 0.384 e. The molecule has 0 spiro atoms. The van der Waals surface area contributed by atoms with Gasteiger partial charge in [0.05, 0.1) is 11.6 Å². The molecule has 0 aliphatic carbocycles. The van der Waals surface area contributed by atoms with E-state index in [-0.39, 0.29) is 5.82 Å². The molecule has 0 saturated heterocycles. The van der Waals surface area contributed by atoms with Gasteiger partial charge in [0.15, 0.2) is 0 Å². The van der Waals surface area contributed by atoms with E-state index in [1.807, 2.05) is 6.07 Å². The van der Waals surface area contributed by atoms with Gasteiger partial charge in [0.1, 0.15) is 5.82 Å².